The van der Waals surface area contributed by atoms with Gasteiger partial charge in [0.15, 0.2) is 0 Å². The van der Waals surface area contributed by atoms with Crippen LogP contribution in [0.25, 0.3) is 98.3 Å². The lowest BCUT2D eigenvalue weighted by Gasteiger charge is -2.23. The Labute approximate surface area is 296 Å². The molecule has 0 unspecified atom stereocenters. The van der Waals surface area contributed by atoms with Crippen molar-refractivity contribution in [3.05, 3.63) is 175 Å². The summed E-state index contributed by atoms with van der Waals surface area (Å²) in [5, 5.41) is 13.9. The van der Waals surface area contributed by atoms with Gasteiger partial charge in [-0.05, 0) is 94.0 Å². The summed E-state index contributed by atoms with van der Waals surface area (Å²) < 4.78 is 0. The molecule has 1 heteroatoms. The molecule has 9 aromatic carbocycles. The Kier molecular flexibility index (Phi) is 5.79. The minimum absolute atomic E-state index is 0.219. The van der Waals surface area contributed by atoms with Gasteiger partial charge in [-0.1, -0.05) is 166 Å². The second-order valence-electron chi connectivity index (χ2n) is 14.6. The van der Waals surface area contributed by atoms with E-state index in [0.717, 1.165) is 11.2 Å². The molecule has 10 aromatic rings. The lowest BCUT2D eigenvalue weighted by Crippen LogP contribution is -2.15. The summed E-state index contributed by atoms with van der Waals surface area (Å²) in [7, 11) is 0. The van der Waals surface area contributed by atoms with Crippen LogP contribution in [-0.2, 0) is 5.41 Å². The molecule has 1 nitrogen and oxygen atoms in total. The maximum atomic E-state index is 5.54. The molecule has 0 fully saturated rings. The first-order chi connectivity index (χ1) is 25.1. The van der Waals surface area contributed by atoms with Gasteiger partial charge in [-0.2, -0.15) is 0 Å². The standard InChI is InChI=1S/C50H33N/c1-50(2)44-28-31(26-27-42(44)49-45(50)29-43-35-19-6-5-17-33(35)34-18-7-12-24-41(34)48(43)51-49)46-37-20-8-10-22-39(37)47(40-23-11-9-21-38(40)46)36-25-13-15-30-14-3-4-16-32(30)36/h3-29H,1-2H3. The molecule has 1 aliphatic rings. The zero-order valence-corrected chi connectivity index (χ0v) is 28.5. The highest BCUT2D eigenvalue weighted by atomic mass is 14.7. The van der Waals surface area contributed by atoms with Gasteiger partial charge in [0.25, 0.3) is 0 Å². The van der Waals surface area contributed by atoms with E-state index in [2.05, 4.69) is 178 Å². The van der Waals surface area contributed by atoms with Gasteiger partial charge < -0.3 is 0 Å². The molecule has 0 bridgehead atoms. The Bertz CT molecular complexity index is 3050. The van der Waals surface area contributed by atoms with Crippen molar-refractivity contribution < 1.29 is 0 Å². The molecule has 0 spiro atoms. The first-order valence-corrected chi connectivity index (χ1v) is 17.9. The summed E-state index contributed by atoms with van der Waals surface area (Å²) in [4.78, 5) is 5.54. The Balaban J connectivity index is 1.18. The normalized spacial score (nSPS) is 13.5. The van der Waals surface area contributed by atoms with Gasteiger partial charge in [-0.25, -0.2) is 4.98 Å². The molecule has 0 atom stereocenters. The molecule has 11 rings (SSSR count). The van der Waals surface area contributed by atoms with Crippen molar-refractivity contribution in [3.63, 3.8) is 0 Å². The second-order valence-corrected chi connectivity index (χ2v) is 14.6. The lowest BCUT2D eigenvalue weighted by atomic mass is 9.80. The Hall–Kier alpha value is -6.31. The topological polar surface area (TPSA) is 12.9 Å². The Morgan fingerprint density at radius 1 is 0.373 bits per heavy atom. The monoisotopic (exact) mass is 647 g/mol. The molecule has 0 aliphatic heterocycles. The van der Waals surface area contributed by atoms with E-state index in [0.29, 0.717) is 0 Å². The van der Waals surface area contributed by atoms with Gasteiger partial charge in [0.2, 0.25) is 0 Å². The molecule has 1 aromatic heterocycles. The van der Waals surface area contributed by atoms with Crippen molar-refractivity contribution >= 4 is 64.8 Å². The van der Waals surface area contributed by atoms with Gasteiger partial charge in [0.05, 0.1) is 11.2 Å². The second kappa shape index (κ2) is 10.4. The van der Waals surface area contributed by atoms with Crippen molar-refractivity contribution in [2.75, 3.05) is 0 Å². The van der Waals surface area contributed by atoms with Crippen LogP contribution in [0, 0.1) is 0 Å². The van der Waals surface area contributed by atoms with Gasteiger partial charge in [-0.3, -0.25) is 0 Å². The smallest absolute Gasteiger partial charge is 0.0794 e. The van der Waals surface area contributed by atoms with Crippen LogP contribution in [0.3, 0.4) is 0 Å². The molecule has 238 valence electrons. The molecule has 0 N–H and O–H groups in total. The van der Waals surface area contributed by atoms with E-state index in [4.69, 9.17) is 4.98 Å². The third kappa shape index (κ3) is 3.89. The summed E-state index contributed by atoms with van der Waals surface area (Å²) >= 11 is 0. The van der Waals surface area contributed by atoms with Crippen molar-refractivity contribution in [2.45, 2.75) is 19.3 Å². The average molecular weight is 648 g/mol. The first kappa shape index (κ1) is 28.5. The van der Waals surface area contributed by atoms with Gasteiger partial charge in [-0.15, -0.1) is 0 Å². The van der Waals surface area contributed by atoms with Crippen LogP contribution in [-0.4, -0.2) is 4.98 Å². The van der Waals surface area contributed by atoms with Gasteiger partial charge in [0.1, 0.15) is 0 Å². The van der Waals surface area contributed by atoms with E-state index in [1.165, 1.54) is 98.2 Å². The number of fused-ring (bicyclic) bond motifs is 12. The molecule has 51 heavy (non-hydrogen) atoms. The fourth-order valence-electron chi connectivity index (χ4n) is 9.22. The molecule has 1 aliphatic carbocycles. The highest BCUT2D eigenvalue weighted by Gasteiger charge is 2.37. The van der Waals surface area contributed by atoms with E-state index in [1.54, 1.807) is 0 Å². The van der Waals surface area contributed by atoms with Gasteiger partial charge in [0, 0.05) is 21.8 Å². The first-order valence-electron chi connectivity index (χ1n) is 17.9. The zero-order valence-electron chi connectivity index (χ0n) is 28.5. The van der Waals surface area contributed by atoms with Crippen LogP contribution in [0.2, 0.25) is 0 Å². The highest BCUT2D eigenvalue weighted by molar-refractivity contribution is 6.25. The predicted octanol–water partition coefficient (Wildman–Crippen LogP) is 13.6. The fraction of sp³-hybridized carbons (Fsp3) is 0.0600. The van der Waals surface area contributed by atoms with E-state index in [1.807, 2.05) is 0 Å². The summed E-state index contributed by atoms with van der Waals surface area (Å²) in [6.45, 7) is 4.75. The number of pyridine rings is 1. The maximum Gasteiger partial charge on any atom is 0.0794 e. The Morgan fingerprint density at radius 3 is 1.55 bits per heavy atom. The quantitative estimate of drug-likeness (QED) is 0.134. The number of hydrogen-bond acceptors (Lipinski definition) is 1. The minimum atomic E-state index is -0.219. The highest BCUT2D eigenvalue weighted by Crippen LogP contribution is 2.52. The van der Waals surface area contributed by atoms with Crippen LogP contribution in [0.5, 0.6) is 0 Å². The maximum absolute atomic E-state index is 5.54. The summed E-state index contributed by atoms with van der Waals surface area (Å²) in [6, 6.07) is 60.5. The SMILES string of the molecule is CC1(C)c2cc(-c3c4ccccc4c(-c4cccc5ccccc45)c4ccccc34)ccc2-c2nc3c4ccccc4c4ccccc4c3cc21. The van der Waals surface area contributed by atoms with E-state index >= 15 is 0 Å². The average Bonchev–Trinajstić information content (AvgIpc) is 3.40. The molecule has 0 saturated carbocycles. The van der Waals surface area contributed by atoms with Gasteiger partial charge >= 0.3 is 0 Å². The van der Waals surface area contributed by atoms with E-state index < -0.39 is 0 Å². The zero-order chi connectivity index (χ0) is 33.8. The summed E-state index contributed by atoms with van der Waals surface area (Å²) in [5.41, 5.74) is 10.9. The third-order valence-corrected chi connectivity index (χ3v) is 11.6. The van der Waals surface area contributed by atoms with E-state index in [9.17, 15) is 0 Å². The van der Waals surface area contributed by atoms with Crippen LogP contribution < -0.4 is 0 Å². The number of rotatable bonds is 2. The van der Waals surface area contributed by atoms with E-state index in [-0.39, 0.29) is 5.41 Å². The number of aromatic nitrogens is 1. The van der Waals surface area contributed by atoms with Crippen molar-refractivity contribution in [1.29, 1.82) is 0 Å². The Morgan fingerprint density at radius 2 is 0.882 bits per heavy atom. The molecule has 0 saturated heterocycles. The van der Waals surface area contributed by atoms with Crippen molar-refractivity contribution in [1.82, 2.24) is 4.98 Å². The van der Waals surface area contributed by atoms with Crippen LogP contribution in [0.15, 0.2) is 164 Å². The lowest BCUT2D eigenvalue weighted by molar-refractivity contribution is 0.660. The molecule has 0 amide bonds. The number of hydrogen-bond donors (Lipinski definition) is 0. The van der Waals surface area contributed by atoms with Crippen molar-refractivity contribution in [3.8, 4) is 33.5 Å². The molecule has 1 heterocycles. The summed E-state index contributed by atoms with van der Waals surface area (Å²) in [5.74, 6) is 0. The fourth-order valence-corrected chi connectivity index (χ4v) is 9.22. The summed E-state index contributed by atoms with van der Waals surface area (Å²) in [6.07, 6.45) is 0. The van der Waals surface area contributed by atoms with Crippen molar-refractivity contribution in [2.24, 2.45) is 0 Å². The third-order valence-electron chi connectivity index (χ3n) is 11.6. The van der Waals surface area contributed by atoms with Crippen LogP contribution in [0.4, 0.5) is 0 Å². The number of benzene rings is 9. The molecular formula is C50H33N. The predicted molar refractivity (Wildman–Crippen MR) is 218 cm³/mol. The van der Waals surface area contributed by atoms with Crippen LogP contribution >= 0.6 is 0 Å². The minimum Gasteiger partial charge on any atom is -0.247 e. The number of nitrogens with zero attached hydrogens (tertiary/aromatic N) is 1. The molecule has 0 radical (unpaired) electrons. The van der Waals surface area contributed by atoms with Crippen LogP contribution in [0.1, 0.15) is 25.0 Å². The molecular weight excluding hydrogens is 615 g/mol. The largest absolute Gasteiger partial charge is 0.247 e.